The van der Waals surface area contributed by atoms with Gasteiger partial charge in [-0.15, -0.1) is 0 Å². The second-order valence-corrected chi connectivity index (χ2v) is 10.7. The number of hydrogen-bond acceptors (Lipinski definition) is 3. The van der Waals surface area contributed by atoms with Gasteiger partial charge in [-0.3, -0.25) is 9.59 Å². The SMILES string of the molecule is CCNC(=O)[C@@H](Cc1ccccc1)N(Cc1cccc(Br)c1)C(=O)COc1ccccc1C(C)(C)C. The Labute approximate surface area is 223 Å². The molecule has 0 aliphatic carbocycles. The lowest BCUT2D eigenvalue weighted by Gasteiger charge is -2.32. The number of para-hydroxylation sites is 1. The lowest BCUT2D eigenvalue weighted by Crippen LogP contribution is -2.51. The Morgan fingerprint density at radius 1 is 0.944 bits per heavy atom. The van der Waals surface area contributed by atoms with Crippen molar-refractivity contribution < 1.29 is 14.3 Å². The van der Waals surface area contributed by atoms with Crippen LogP contribution in [0.4, 0.5) is 0 Å². The summed E-state index contributed by atoms with van der Waals surface area (Å²) in [6.07, 6.45) is 0.408. The Morgan fingerprint density at radius 2 is 1.61 bits per heavy atom. The van der Waals surface area contributed by atoms with E-state index in [-0.39, 0.29) is 30.4 Å². The van der Waals surface area contributed by atoms with Crippen molar-refractivity contribution in [3.63, 3.8) is 0 Å². The topological polar surface area (TPSA) is 58.6 Å². The zero-order valence-electron chi connectivity index (χ0n) is 21.5. The van der Waals surface area contributed by atoms with Crippen LogP contribution in [0.25, 0.3) is 0 Å². The molecule has 1 N–H and O–H groups in total. The normalized spacial score (nSPS) is 12.0. The molecule has 0 aliphatic heterocycles. The number of benzene rings is 3. The lowest BCUT2D eigenvalue weighted by molar-refractivity contribution is -0.142. The first kappa shape index (κ1) is 27.5. The fraction of sp³-hybridized carbons (Fsp3) is 0.333. The highest BCUT2D eigenvalue weighted by atomic mass is 79.9. The van der Waals surface area contributed by atoms with E-state index in [0.717, 1.165) is 21.2 Å². The summed E-state index contributed by atoms with van der Waals surface area (Å²) in [5, 5.41) is 2.92. The predicted octanol–water partition coefficient (Wildman–Crippen LogP) is 5.90. The molecule has 0 aliphatic rings. The molecule has 1 atom stereocenters. The summed E-state index contributed by atoms with van der Waals surface area (Å²) in [6.45, 7) is 8.83. The number of halogens is 1. The Bertz CT molecular complexity index is 1160. The van der Waals surface area contributed by atoms with Crippen molar-refractivity contribution in [3.05, 3.63) is 100 Å². The van der Waals surface area contributed by atoms with Crippen LogP contribution < -0.4 is 10.1 Å². The molecule has 0 heterocycles. The first-order valence-electron chi connectivity index (χ1n) is 12.3. The first-order valence-corrected chi connectivity index (χ1v) is 13.1. The number of nitrogens with one attached hydrogen (secondary N) is 1. The number of carbonyl (C=O) groups is 2. The van der Waals surface area contributed by atoms with Crippen LogP contribution in [0.3, 0.4) is 0 Å². The van der Waals surface area contributed by atoms with E-state index in [0.29, 0.717) is 18.7 Å². The van der Waals surface area contributed by atoms with Gasteiger partial charge in [-0.2, -0.15) is 0 Å². The molecule has 2 amide bonds. The van der Waals surface area contributed by atoms with E-state index in [1.807, 2.05) is 85.8 Å². The van der Waals surface area contributed by atoms with Crippen LogP contribution in [-0.4, -0.2) is 35.9 Å². The van der Waals surface area contributed by atoms with E-state index in [1.165, 1.54) is 0 Å². The summed E-state index contributed by atoms with van der Waals surface area (Å²) in [5.74, 6) is 0.254. The number of amides is 2. The number of likely N-dealkylation sites (N-methyl/N-ethyl adjacent to an activating group) is 1. The maximum atomic E-state index is 13.7. The van der Waals surface area contributed by atoms with Gasteiger partial charge in [0, 0.05) is 24.0 Å². The van der Waals surface area contributed by atoms with Crippen molar-refractivity contribution in [2.24, 2.45) is 0 Å². The molecule has 6 heteroatoms. The van der Waals surface area contributed by atoms with Crippen LogP contribution in [0, 0.1) is 0 Å². The molecule has 0 saturated carbocycles. The third-order valence-corrected chi connectivity index (χ3v) is 6.40. The van der Waals surface area contributed by atoms with Crippen LogP contribution >= 0.6 is 15.9 Å². The molecule has 0 radical (unpaired) electrons. The smallest absolute Gasteiger partial charge is 0.261 e. The van der Waals surface area contributed by atoms with Gasteiger partial charge in [0.05, 0.1) is 0 Å². The second kappa shape index (κ2) is 12.7. The van der Waals surface area contributed by atoms with E-state index >= 15 is 0 Å². The van der Waals surface area contributed by atoms with Gasteiger partial charge < -0.3 is 15.0 Å². The van der Waals surface area contributed by atoms with Gasteiger partial charge >= 0.3 is 0 Å². The van der Waals surface area contributed by atoms with E-state index in [2.05, 4.69) is 42.0 Å². The molecule has 0 spiro atoms. The van der Waals surface area contributed by atoms with Crippen molar-refractivity contribution in [3.8, 4) is 5.75 Å². The number of hydrogen-bond donors (Lipinski definition) is 1. The zero-order chi connectivity index (χ0) is 26.1. The highest BCUT2D eigenvalue weighted by molar-refractivity contribution is 9.10. The Hall–Kier alpha value is -3.12. The van der Waals surface area contributed by atoms with Crippen molar-refractivity contribution in [1.29, 1.82) is 0 Å². The van der Waals surface area contributed by atoms with Gasteiger partial charge in [-0.05, 0) is 47.2 Å². The molecular formula is C30H35BrN2O3. The minimum Gasteiger partial charge on any atom is -0.483 e. The van der Waals surface area contributed by atoms with Crippen LogP contribution in [-0.2, 0) is 28.0 Å². The van der Waals surface area contributed by atoms with Gasteiger partial charge in [-0.1, -0.05) is 97.4 Å². The summed E-state index contributed by atoms with van der Waals surface area (Å²) < 4.78 is 6.99. The minimum atomic E-state index is -0.680. The molecule has 3 rings (SSSR count). The largest absolute Gasteiger partial charge is 0.483 e. The number of ether oxygens (including phenoxy) is 1. The summed E-state index contributed by atoms with van der Waals surface area (Å²) in [6, 6.07) is 24.7. The number of nitrogens with zero attached hydrogens (tertiary/aromatic N) is 1. The van der Waals surface area contributed by atoms with Gasteiger partial charge in [0.25, 0.3) is 5.91 Å². The Kier molecular flexibility index (Phi) is 9.71. The molecule has 36 heavy (non-hydrogen) atoms. The number of rotatable bonds is 10. The third kappa shape index (κ3) is 7.69. The molecule has 0 saturated heterocycles. The molecule has 0 unspecified atom stereocenters. The fourth-order valence-corrected chi connectivity index (χ4v) is 4.56. The lowest BCUT2D eigenvalue weighted by atomic mass is 9.86. The van der Waals surface area contributed by atoms with Gasteiger partial charge in [0.15, 0.2) is 6.61 Å². The summed E-state index contributed by atoms with van der Waals surface area (Å²) in [5.41, 5.74) is 2.81. The molecule has 0 bridgehead atoms. The highest BCUT2D eigenvalue weighted by Gasteiger charge is 2.31. The minimum absolute atomic E-state index is 0.132. The molecule has 0 fully saturated rings. The van der Waals surface area contributed by atoms with Crippen LogP contribution in [0.2, 0.25) is 0 Å². The maximum Gasteiger partial charge on any atom is 0.261 e. The molecular weight excluding hydrogens is 516 g/mol. The summed E-state index contributed by atoms with van der Waals surface area (Å²) in [7, 11) is 0. The van der Waals surface area contributed by atoms with Crippen molar-refractivity contribution in [2.45, 2.75) is 52.1 Å². The number of carbonyl (C=O) groups excluding carboxylic acids is 2. The third-order valence-electron chi connectivity index (χ3n) is 5.91. The van der Waals surface area contributed by atoms with Crippen LogP contribution in [0.5, 0.6) is 5.75 Å². The average molecular weight is 552 g/mol. The van der Waals surface area contributed by atoms with E-state index in [1.54, 1.807) is 4.90 Å². The van der Waals surface area contributed by atoms with E-state index in [4.69, 9.17) is 4.74 Å². The molecule has 0 aromatic heterocycles. The quantitative estimate of drug-likeness (QED) is 0.341. The Balaban J connectivity index is 1.92. The molecule has 190 valence electrons. The van der Waals surface area contributed by atoms with Gasteiger partial charge in [-0.25, -0.2) is 0 Å². The summed E-state index contributed by atoms with van der Waals surface area (Å²) in [4.78, 5) is 28.6. The Morgan fingerprint density at radius 3 is 2.28 bits per heavy atom. The van der Waals surface area contributed by atoms with Crippen molar-refractivity contribution >= 4 is 27.7 Å². The first-order chi connectivity index (χ1) is 17.2. The predicted molar refractivity (Wildman–Crippen MR) is 148 cm³/mol. The van der Waals surface area contributed by atoms with Crippen molar-refractivity contribution in [2.75, 3.05) is 13.2 Å². The van der Waals surface area contributed by atoms with Crippen molar-refractivity contribution in [1.82, 2.24) is 10.2 Å². The monoisotopic (exact) mass is 550 g/mol. The van der Waals surface area contributed by atoms with Gasteiger partial charge in [0.1, 0.15) is 11.8 Å². The summed E-state index contributed by atoms with van der Waals surface area (Å²) >= 11 is 3.51. The molecule has 3 aromatic carbocycles. The fourth-order valence-electron chi connectivity index (χ4n) is 4.11. The zero-order valence-corrected chi connectivity index (χ0v) is 23.0. The van der Waals surface area contributed by atoms with Gasteiger partial charge in [0.2, 0.25) is 5.91 Å². The molecule has 3 aromatic rings. The van der Waals surface area contributed by atoms with E-state index < -0.39 is 6.04 Å². The van der Waals surface area contributed by atoms with Crippen LogP contribution in [0.15, 0.2) is 83.3 Å². The van der Waals surface area contributed by atoms with Crippen LogP contribution in [0.1, 0.15) is 44.4 Å². The second-order valence-electron chi connectivity index (χ2n) is 9.79. The highest BCUT2D eigenvalue weighted by Crippen LogP contribution is 2.31. The average Bonchev–Trinajstić information content (AvgIpc) is 2.85. The molecule has 5 nitrogen and oxygen atoms in total. The maximum absolute atomic E-state index is 13.7. The standard InChI is InChI=1S/C30H35BrN2O3/c1-5-32-29(35)26(19-22-12-7-6-8-13-22)33(20-23-14-11-15-24(31)18-23)28(34)21-36-27-17-10-9-16-25(27)30(2,3)4/h6-18,26H,5,19-21H2,1-4H3,(H,32,35)/t26-/m1/s1. The van der Waals surface area contributed by atoms with E-state index in [9.17, 15) is 9.59 Å².